The van der Waals surface area contributed by atoms with Crippen molar-refractivity contribution in [2.24, 2.45) is 0 Å². The van der Waals surface area contributed by atoms with E-state index in [4.69, 9.17) is 34.8 Å². The van der Waals surface area contributed by atoms with Crippen molar-refractivity contribution in [2.45, 2.75) is 6.92 Å². The minimum Gasteiger partial charge on any atom is -0.361 e. The van der Waals surface area contributed by atoms with Crippen LogP contribution in [0.2, 0.25) is 15.1 Å². The monoisotopic (exact) mass is 287 g/mol. The Balaban J connectivity index is 2.72. The largest absolute Gasteiger partial charge is 0.361 e. The fourth-order valence-corrected chi connectivity index (χ4v) is 2.19. The molecule has 0 amide bonds. The van der Waals surface area contributed by atoms with E-state index in [0.717, 1.165) is 0 Å². The van der Waals surface area contributed by atoms with Gasteiger partial charge < -0.3 is 4.98 Å². The van der Waals surface area contributed by atoms with E-state index in [1.54, 1.807) is 25.3 Å². The molecule has 0 aliphatic carbocycles. The molecule has 0 saturated heterocycles. The molecule has 0 saturated carbocycles. The summed E-state index contributed by atoms with van der Waals surface area (Å²) in [4.78, 5) is 14.6. The van der Waals surface area contributed by atoms with Crippen molar-refractivity contribution < 1.29 is 0 Å². The van der Waals surface area contributed by atoms with Crippen LogP contribution in [0.3, 0.4) is 0 Å². The lowest BCUT2D eigenvalue weighted by atomic mass is 10.1. The van der Waals surface area contributed by atoms with Gasteiger partial charge in [0.25, 0.3) is 0 Å². The molecular formula is C12H8Cl3NO. The highest BCUT2D eigenvalue weighted by molar-refractivity contribution is 6.46. The first-order valence-corrected chi connectivity index (χ1v) is 5.97. The highest BCUT2D eigenvalue weighted by Crippen LogP contribution is 2.37. The van der Waals surface area contributed by atoms with Gasteiger partial charge in [-0.05, 0) is 19.1 Å². The predicted molar refractivity (Wildman–Crippen MR) is 72.3 cm³/mol. The van der Waals surface area contributed by atoms with Crippen LogP contribution in [0, 0.1) is 6.92 Å². The molecule has 1 heterocycles. The van der Waals surface area contributed by atoms with Crippen LogP contribution in [0.1, 0.15) is 5.56 Å². The van der Waals surface area contributed by atoms with Gasteiger partial charge >= 0.3 is 0 Å². The van der Waals surface area contributed by atoms with Gasteiger partial charge in [-0.2, -0.15) is 0 Å². The van der Waals surface area contributed by atoms with Crippen LogP contribution in [0.15, 0.2) is 29.2 Å². The molecule has 1 aromatic carbocycles. The van der Waals surface area contributed by atoms with Crippen LogP contribution < -0.4 is 5.43 Å². The number of aromatic amines is 1. The summed E-state index contributed by atoms with van der Waals surface area (Å²) in [5, 5.41) is 1.17. The summed E-state index contributed by atoms with van der Waals surface area (Å²) in [6.45, 7) is 1.73. The molecule has 0 fully saturated rings. The van der Waals surface area contributed by atoms with Gasteiger partial charge in [0, 0.05) is 23.4 Å². The Kier molecular flexibility index (Phi) is 3.48. The molecule has 0 spiro atoms. The maximum Gasteiger partial charge on any atom is 0.185 e. The average Bonchev–Trinajstić information content (AvgIpc) is 2.29. The third-order valence-electron chi connectivity index (χ3n) is 2.42. The Hall–Kier alpha value is -0.960. The van der Waals surface area contributed by atoms with E-state index < -0.39 is 0 Å². The quantitative estimate of drug-likeness (QED) is 0.779. The van der Waals surface area contributed by atoms with Gasteiger partial charge in [0.1, 0.15) is 0 Å². The SMILES string of the molecule is Cc1c[nH]c(-c2c(Cl)ccc(Cl)c2Cl)cc1=O. The highest BCUT2D eigenvalue weighted by atomic mass is 35.5. The number of hydrogen-bond donors (Lipinski definition) is 1. The summed E-state index contributed by atoms with van der Waals surface area (Å²) in [5.41, 5.74) is 1.64. The van der Waals surface area contributed by atoms with Gasteiger partial charge in [-0.15, -0.1) is 0 Å². The minimum atomic E-state index is -0.0779. The molecule has 0 aliphatic heterocycles. The number of aromatic nitrogens is 1. The van der Waals surface area contributed by atoms with Crippen LogP contribution in [0.4, 0.5) is 0 Å². The number of H-pyrrole nitrogens is 1. The summed E-state index contributed by atoms with van der Waals surface area (Å²) >= 11 is 18.1. The Morgan fingerprint density at radius 3 is 2.41 bits per heavy atom. The Labute approximate surface area is 113 Å². The zero-order valence-electron chi connectivity index (χ0n) is 8.85. The number of rotatable bonds is 1. The van der Waals surface area contributed by atoms with E-state index in [-0.39, 0.29) is 5.43 Å². The summed E-state index contributed by atoms with van der Waals surface area (Å²) in [7, 11) is 0. The molecule has 5 heteroatoms. The molecule has 0 radical (unpaired) electrons. The van der Waals surface area contributed by atoms with E-state index in [2.05, 4.69) is 4.98 Å². The zero-order valence-corrected chi connectivity index (χ0v) is 11.1. The molecule has 0 atom stereocenters. The highest BCUT2D eigenvalue weighted by Gasteiger charge is 2.12. The van der Waals surface area contributed by atoms with Crippen molar-refractivity contribution in [3.05, 3.63) is 55.3 Å². The number of nitrogens with one attached hydrogen (secondary N) is 1. The lowest BCUT2D eigenvalue weighted by Crippen LogP contribution is -2.04. The number of aryl methyl sites for hydroxylation is 1. The first-order valence-electron chi connectivity index (χ1n) is 4.84. The fourth-order valence-electron chi connectivity index (χ4n) is 1.46. The van der Waals surface area contributed by atoms with E-state index in [9.17, 15) is 4.79 Å². The Morgan fingerprint density at radius 1 is 1.12 bits per heavy atom. The summed E-state index contributed by atoms with van der Waals surface area (Å²) < 4.78 is 0. The molecule has 0 unspecified atom stereocenters. The second kappa shape index (κ2) is 4.73. The van der Waals surface area contributed by atoms with Crippen LogP contribution in [0.5, 0.6) is 0 Å². The van der Waals surface area contributed by atoms with Crippen molar-refractivity contribution in [2.75, 3.05) is 0 Å². The Bertz CT molecular complexity index is 634. The fraction of sp³-hybridized carbons (Fsp3) is 0.0833. The number of pyridine rings is 1. The first kappa shape index (κ1) is 12.5. The van der Waals surface area contributed by atoms with Crippen LogP contribution in [0.25, 0.3) is 11.3 Å². The second-order valence-electron chi connectivity index (χ2n) is 3.61. The van der Waals surface area contributed by atoms with E-state index in [1.165, 1.54) is 6.07 Å². The summed E-state index contributed by atoms with van der Waals surface area (Å²) in [5.74, 6) is 0. The van der Waals surface area contributed by atoms with Gasteiger partial charge in [0.15, 0.2) is 5.43 Å². The van der Waals surface area contributed by atoms with Crippen LogP contribution in [-0.2, 0) is 0 Å². The number of benzene rings is 1. The smallest absolute Gasteiger partial charge is 0.185 e. The second-order valence-corrected chi connectivity index (χ2v) is 4.80. The van der Waals surface area contributed by atoms with Gasteiger partial charge in [-0.1, -0.05) is 34.8 Å². The zero-order chi connectivity index (χ0) is 12.6. The third-order valence-corrected chi connectivity index (χ3v) is 3.54. The number of hydrogen-bond acceptors (Lipinski definition) is 1. The minimum absolute atomic E-state index is 0.0779. The van der Waals surface area contributed by atoms with Crippen molar-refractivity contribution >= 4 is 34.8 Å². The maximum absolute atomic E-state index is 11.6. The van der Waals surface area contributed by atoms with E-state index in [1.807, 2.05) is 0 Å². The van der Waals surface area contributed by atoms with Crippen molar-refractivity contribution in [1.29, 1.82) is 0 Å². The third kappa shape index (κ3) is 2.34. The Morgan fingerprint density at radius 2 is 1.76 bits per heavy atom. The topological polar surface area (TPSA) is 32.9 Å². The van der Waals surface area contributed by atoms with E-state index in [0.29, 0.717) is 31.9 Å². The molecule has 2 rings (SSSR count). The molecular weight excluding hydrogens is 280 g/mol. The lowest BCUT2D eigenvalue weighted by molar-refractivity contribution is 1.24. The molecule has 17 heavy (non-hydrogen) atoms. The van der Waals surface area contributed by atoms with Crippen molar-refractivity contribution in [3.63, 3.8) is 0 Å². The lowest BCUT2D eigenvalue weighted by Gasteiger charge is -2.08. The van der Waals surface area contributed by atoms with Gasteiger partial charge in [-0.3, -0.25) is 4.79 Å². The molecule has 1 aromatic heterocycles. The van der Waals surface area contributed by atoms with E-state index >= 15 is 0 Å². The average molecular weight is 289 g/mol. The van der Waals surface area contributed by atoms with Gasteiger partial charge in [-0.25, -0.2) is 0 Å². The van der Waals surface area contributed by atoms with Gasteiger partial charge in [0.05, 0.1) is 20.8 Å². The molecule has 2 aromatic rings. The van der Waals surface area contributed by atoms with Crippen molar-refractivity contribution in [3.8, 4) is 11.3 Å². The van der Waals surface area contributed by atoms with Crippen LogP contribution >= 0.6 is 34.8 Å². The molecule has 2 nitrogen and oxygen atoms in total. The summed E-state index contributed by atoms with van der Waals surface area (Å²) in [6, 6.07) is 4.71. The number of halogens is 3. The van der Waals surface area contributed by atoms with Gasteiger partial charge in [0.2, 0.25) is 0 Å². The standard InChI is InChI=1S/C12H8Cl3NO/c1-6-5-16-9(4-10(6)17)11-7(13)2-3-8(14)12(11)15/h2-5H,1H3,(H,16,17). The molecule has 0 bridgehead atoms. The normalized spacial score (nSPS) is 10.6. The summed E-state index contributed by atoms with van der Waals surface area (Å²) in [6.07, 6.45) is 1.62. The predicted octanol–water partition coefficient (Wildman–Crippen LogP) is 4.31. The first-order chi connectivity index (χ1) is 8.00. The molecule has 1 N–H and O–H groups in total. The molecule has 0 aliphatic rings. The van der Waals surface area contributed by atoms with Crippen molar-refractivity contribution in [1.82, 2.24) is 4.98 Å². The van der Waals surface area contributed by atoms with Crippen LogP contribution in [-0.4, -0.2) is 4.98 Å². The molecule has 88 valence electrons. The maximum atomic E-state index is 11.6.